The van der Waals surface area contributed by atoms with Crippen molar-refractivity contribution in [2.75, 3.05) is 28.4 Å². The third kappa shape index (κ3) is 3.93. The largest absolute Gasteiger partial charge is 0.507 e. The van der Waals surface area contributed by atoms with Crippen molar-refractivity contribution in [3.63, 3.8) is 0 Å². The second-order valence-electron chi connectivity index (χ2n) is 8.53. The van der Waals surface area contributed by atoms with Gasteiger partial charge in [-0.15, -0.1) is 0 Å². The van der Waals surface area contributed by atoms with Crippen LogP contribution in [0.1, 0.15) is 22.3 Å². The van der Waals surface area contributed by atoms with Crippen LogP contribution in [0.25, 0.3) is 33.7 Å². The minimum atomic E-state index is 0.223. The Morgan fingerprint density at radius 3 is 1.86 bits per heavy atom. The number of hydrogen-bond donors (Lipinski definition) is 1. The van der Waals surface area contributed by atoms with Gasteiger partial charge in [-0.25, -0.2) is 0 Å². The van der Waals surface area contributed by atoms with Gasteiger partial charge in [-0.2, -0.15) is 0 Å². The van der Waals surface area contributed by atoms with E-state index in [1.165, 1.54) is 21.9 Å². The maximum atomic E-state index is 10.1. The number of allylic oxidation sites excluding steroid dienone is 2. The molecule has 0 aromatic heterocycles. The second-order valence-corrected chi connectivity index (χ2v) is 8.53. The molecular formula is C30H28O5. The van der Waals surface area contributed by atoms with E-state index in [1.807, 2.05) is 24.3 Å². The van der Waals surface area contributed by atoms with Crippen LogP contribution < -0.4 is 9.47 Å². The predicted molar refractivity (Wildman–Crippen MR) is 140 cm³/mol. The van der Waals surface area contributed by atoms with E-state index in [4.69, 9.17) is 18.9 Å². The van der Waals surface area contributed by atoms with Crippen molar-refractivity contribution in [2.24, 2.45) is 0 Å². The van der Waals surface area contributed by atoms with Crippen LogP contribution in [0.5, 0.6) is 17.2 Å². The van der Waals surface area contributed by atoms with Crippen LogP contribution in [0.15, 0.2) is 66.1 Å². The summed E-state index contributed by atoms with van der Waals surface area (Å²) in [6, 6.07) is 18.1. The molecule has 0 radical (unpaired) electrons. The van der Waals surface area contributed by atoms with Gasteiger partial charge in [0.15, 0.2) is 0 Å². The van der Waals surface area contributed by atoms with Crippen LogP contribution >= 0.6 is 0 Å². The van der Waals surface area contributed by atoms with Crippen molar-refractivity contribution < 1.29 is 24.1 Å². The molecule has 2 aliphatic rings. The highest BCUT2D eigenvalue weighted by Crippen LogP contribution is 2.41. The highest BCUT2D eigenvalue weighted by Gasteiger charge is 2.19. The first-order valence-electron chi connectivity index (χ1n) is 11.5. The van der Waals surface area contributed by atoms with Gasteiger partial charge in [-0.05, 0) is 40.3 Å². The predicted octanol–water partition coefficient (Wildman–Crippen LogP) is 6.49. The van der Waals surface area contributed by atoms with Gasteiger partial charge in [-0.3, -0.25) is 0 Å². The molecule has 0 saturated carbocycles. The summed E-state index contributed by atoms with van der Waals surface area (Å²) in [6.07, 6.45) is 5.60. The molecule has 5 nitrogen and oxygen atoms in total. The van der Waals surface area contributed by atoms with Gasteiger partial charge in [0.1, 0.15) is 28.8 Å². The second kappa shape index (κ2) is 9.26. The Morgan fingerprint density at radius 1 is 0.629 bits per heavy atom. The van der Waals surface area contributed by atoms with Gasteiger partial charge in [0, 0.05) is 40.6 Å². The summed E-state index contributed by atoms with van der Waals surface area (Å²) in [5.41, 5.74) is 4.47. The lowest BCUT2D eigenvalue weighted by Gasteiger charge is -2.19. The Kier molecular flexibility index (Phi) is 6.00. The number of ether oxygens (including phenoxy) is 4. The number of phenols is 1. The summed E-state index contributed by atoms with van der Waals surface area (Å²) >= 11 is 0. The van der Waals surface area contributed by atoms with Crippen LogP contribution in [0.2, 0.25) is 0 Å². The molecule has 0 bridgehead atoms. The number of aromatic hydroxyl groups is 1. The van der Waals surface area contributed by atoms with Crippen LogP contribution in [0.3, 0.4) is 0 Å². The Balaban J connectivity index is 0.000000145. The molecule has 0 unspecified atom stereocenters. The van der Waals surface area contributed by atoms with Gasteiger partial charge in [-0.1, -0.05) is 42.5 Å². The molecular weight excluding hydrogens is 440 g/mol. The van der Waals surface area contributed by atoms with Crippen molar-refractivity contribution in [1.29, 1.82) is 0 Å². The van der Waals surface area contributed by atoms with Crippen LogP contribution in [0, 0.1) is 0 Å². The maximum absolute atomic E-state index is 10.1. The standard InChI is InChI=1S/C15H14O3.C15H14O2/c1-17-10-6-9-4-3-5-11-14(18-2)8-13(16)12(7-10)15(9)11;1-16-12-8-10-4-3-5-13-14(17-2)7-6-11(9-12)15(10)13/h3-5,7-8,16H,6H2,1-2H3;3-7,9H,8H2,1-2H3. The molecule has 5 heteroatoms. The van der Waals surface area contributed by atoms with Crippen molar-refractivity contribution in [2.45, 2.75) is 12.8 Å². The summed E-state index contributed by atoms with van der Waals surface area (Å²) in [6.45, 7) is 0. The van der Waals surface area contributed by atoms with E-state index in [1.54, 1.807) is 34.5 Å². The number of methoxy groups -OCH3 is 4. The number of phenolic OH excluding ortho intramolecular Hbond substituents is 1. The number of benzene rings is 4. The average molecular weight is 469 g/mol. The Bertz CT molecular complexity index is 1500. The monoisotopic (exact) mass is 468 g/mol. The smallest absolute Gasteiger partial charge is 0.130 e. The first-order valence-corrected chi connectivity index (χ1v) is 11.5. The maximum Gasteiger partial charge on any atom is 0.130 e. The summed E-state index contributed by atoms with van der Waals surface area (Å²) in [5, 5.41) is 14.6. The van der Waals surface area contributed by atoms with Crippen LogP contribution in [-0.2, 0) is 22.3 Å². The minimum absolute atomic E-state index is 0.223. The quantitative estimate of drug-likeness (QED) is 0.371. The highest BCUT2D eigenvalue weighted by atomic mass is 16.5. The van der Waals surface area contributed by atoms with E-state index in [2.05, 4.69) is 36.4 Å². The topological polar surface area (TPSA) is 57.2 Å². The molecule has 0 heterocycles. The molecule has 0 fully saturated rings. The molecule has 0 atom stereocenters. The van der Waals surface area contributed by atoms with Gasteiger partial charge in [0.05, 0.1) is 28.4 Å². The van der Waals surface area contributed by atoms with Crippen LogP contribution in [-0.4, -0.2) is 33.5 Å². The van der Waals surface area contributed by atoms with Crippen LogP contribution in [0.4, 0.5) is 0 Å². The summed E-state index contributed by atoms with van der Waals surface area (Å²) in [4.78, 5) is 0. The average Bonchev–Trinajstić information content (AvgIpc) is 2.90. The molecule has 2 aliphatic carbocycles. The van der Waals surface area contributed by atoms with E-state index in [-0.39, 0.29) is 5.75 Å². The lowest BCUT2D eigenvalue weighted by Crippen LogP contribution is -2.02. The lowest BCUT2D eigenvalue weighted by molar-refractivity contribution is 0.287. The zero-order valence-electron chi connectivity index (χ0n) is 20.3. The molecule has 178 valence electrons. The summed E-state index contributed by atoms with van der Waals surface area (Å²) < 4.78 is 21.4. The normalized spacial score (nSPS) is 13.4. The van der Waals surface area contributed by atoms with Gasteiger partial charge in [0.2, 0.25) is 0 Å². The van der Waals surface area contributed by atoms with Crippen molar-refractivity contribution in [3.8, 4) is 17.2 Å². The number of hydrogen-bond acceptors (Lipinski definition) is 5. The molecule has 0 saturated heterocycles. The Labute approximate surface area is 204 Å². The van der Waals surface area contributed by atoms with E-state index in [0.717, 1.165) is 52.0 Å². The van der Waals surface area contributed by atoms with Crippen molar-refractivity contribution in [1.82, 2.24) is 0 Å². The molecule has 4 aromatic rings. The fourth-order valence-corrected chi connectivity index (χ4v) is 5.00. The zero-order valence-corrected chi connectivity index (χ0v) is 20.3. The Morgan fingerprint density at radius 2 is 1.23 bits per heavy atom. The van der Waals surface area contributed by atoms with E-state index in [9.17, 15) is 5.11 Å². The van der Waals surface area contributed by atoms with Gasteiger partial charge >= 0.3 is 0 Å². The van der Waals surface area contributed by atoms with Gasteiger partial charge in [0.25, 0.3) is 0 Å². The molecule has 0 spiro atoms. The van der Waals surface area contributed by atoms with E-state index >= 15 is 0 Å². The third-order valence-corrected chi connectivity index (χ3v) is 6.66. The van der Waals surface area contributed by atoms with Crippen molar-refractivity contribution >= 4 is 33.7 Å². The summed E-state index contributed by atoms with van der Waals surface area (Å²) in [7, 11) is 6.70. The zero-order chi connectivity index (χ0) is 24.5. The SMILES string of the molecule is COC1=Cc2c(O)cc(OC)c3cccc(c23)C1.COC1=Cc2ccc(OC)c3cccc(c23)C1. The molecule has 35 heavy (non-hydrogen) atoms. The fourth-order valence-electron chi connectivity index (χ4n) is 5.00. The molecule has 0 amide bonds. The molecule has 4 aromatic carbocycles. The molecule has 1 N–H and O–H groups in total. The van der Waals surface area contributed by atoms with E-state index < -0.39 is 0 Å². The summed E-state index contributed by atoms with van der Waals surface area (Å²) in [5.74, 6) is 3.72. The first-order chi connectivity index (χ1) is 17.1. The first kappa shape index (κ1) is 22.7. The van der Waals surface area contributed by atoms with Crippen molar-refractivity contribution in [3.05, 3.63) is 88.4 Å². The fraction of sp³-hybridized carbons (Fsp3) is 0.200. The third-order valence-electron chi connectivity index (χ3n) is 6.66. The lowest BCUT2D eigenvalue weighted by atomic mass is 9.91. The molecule has 0 aliphatic heterocycles. The highest BCUT2D eigenvalue weighted by molar-refractivity contribution is 6.01. The van der Waals surface area contributed by atoms with Gasteiger partial charge < -0.3 is 24.1 Å². The number of rotatable bonds is 4. The Hall–Kier alpha value is -4.12. The van der Waals surface area contributed by atoms with E-state index in [0.29, 0.717) is 5.75 Å². The minimum Gasteiger partial charge on any atom is -0.507 e. The molecule has 6 rings (SSSR count).